The van der Waals surface area contributed by atoms with E-state index in [0.717, 1.165) is 11.5 Å². The van der Waals surface area contributed by atoms with Gasteiger partial charge in [0.15, 0.2) is 0 Å². The van der Waals surface area contributed by atoms with Crippen molar-refractivity contribution in [3.05, 3.63) is 18.2 Å². The van der Waals surface area contributed by atoms with E-state index in [1.807, 2.05) is 6.07 Å². The molecule has 0 N–H and O–H groups in total. The van der Waals surface area contributed by atoms with Crippen LogP contribution in [0.2, 0.25) is 18.1 Å². The van der Waals surface area contributed by atoms with Crippen LogP contribution in [0.5, 0.6) is 11.5 Å². The number of ether oxygens (including phenoxy) is 2. The van der Waals surface area contributed by atoms with Gasteiger partial charge in [0.25, 0.3) is 0 Å². The molecule has 17 heavy (non-hydrogen) atoms. The lowest BCUT2D eigenvalue weighted by Crippen LogP contribution is -2.47. The van der Waals surface area contributed by atoms with E-state index in [0.29, 0.717) is 0 Å². The van der Waals surface area contributed by atoms with Crippen LogP contribution in [-0.2, 0) is 0 Å². The van der Waals surface area contributed by atoms with Gasteiger partial charge in [-0.15, -0.1) is 0 Å². The molecule has 3 heteroatoms. The third-order valence-corrected chi connectivity index (χ3v) is 9.60. The predicted octanol–water partition coefficient (Wildman–Crippen LogP) is 3.42. The zero-order valence-electron chi connectivity index (χ0n) is 11.7. The maximum Gasteiger partial charge on any atom is 0.121 e. The molecule has 0 aliphatic heterocycles. The van der Waals surface area contributed by atoms with E-state index in [4.69, 9.17) is 9.47 Å². The first-order chi connectivity index (χ1) is 8.18. The molecule has 0 saturated carbocycles. The highest BCUT2D eigenvalue weighted by Crippen LogP contribution is 2.29. The molecule has 0 heterocycles. The van der Waals surface area contributed by atoms with Crippen LogP contribution < -0.4 is 14.7 Å². The molecule has 0 aromatic heterocycles. The van der Waals surface area contributed by atoms with Crippen molar-refractivity contribution in [1.82, 2.24) is 0 Å². The topological polar surface area (TPSA) is 18.5 Å². The summed E-state index contributed by atoms with van der Waals surface area (Å²) in [5.74, 6) is 2.00. The van der Waals surface area contributed by atoms with Crippen molar-refractivity contribution in [1.29, 1.82) is 0 Å². The lowest BCUT2D eigenvalue weighted by Gasteiger charge is -2.31. The van der Waals surface area contributed by atoms with Crippen LogP contribution in [-0.4, -0.2) is 22.3 Å². The van der Waals surface area contributed by atoms with Gasteiger partial charge < -0.3 is 9.47 Å². The van der Waals surface area contributed by atoms with Crippen molar-refractivity contribution >= 4 is 13.3 Å². The van der Waals surface area contributed by atoms with Crippen LogP contribution in [0.1, 0.15) is 20.8 Å². The Morgan fingerprint density at radius 3 is 1.59 bits per heavy atom. The fourth-order valence-corrected chi connectivity index (χ4v) is 6.63. The molecule has 1 aromatic carbocycles. The molecule has 0 aliphatic carbocycles. The summed E-state index contributed by atoms with van der Waals surface area (Å²) in [6.07, 6.45) is 0. The number of methoxy groups -OCH3 is 2. The second-order valence-electron chi connectivity index (χ2n) is 4.38. The molecule has 1 aromatic rings. The number of benzene rings is 1. The first kappa shape index (κ1) is 14.1. The highest BCUT2D eigenvalue weighted by atomic mass is 28.3. The Balaban J connectivity index is 3.43. The molecule has 0 spiro atoms. The summed E-state index contributed by atoms with van der Waals surface area (Å²) >= 11 is 0. The monoisotopic (exact) mass is 252 g/mol. The fraction of sp³-hybridized carbons (Fsp3) is 0.571. The molecular weight excluding hydrogens is 228 g/mol. The summed E-state index contributed by atoms with van der Waals surface area (Å²) < 4.78 is 11.1. The van der Waals surface area contributed by atoms with Crippen LogP contribution >= 0.6 is 0 Å². The van der Waals surface area contributed by atoms with Gasteiger partial charge in [-0.25, -0.2) is 0 Å². The number of rotatable bonds is 6. The van der Waals surface area contributed by atoms with Gasteiger partial charge in [0.05, 0.1) is 22.3 Å². The molecule has 0 atom stereocenters. The highest BCUT2D eigenvalue weighted by Gasteiger charge is 2.35. The zero-order chi connectivity index (χ0) is 12.9. The summed E-state index contributed by atoms with van der Waals surface area (Å²) in [7, 11) is 2.02. The maximum atomic E-state index is 5.55. The maximum absolute atomic E-state index is 5.55. The standard InChI is InChI=1S/C14H24O2Si/c1-6-17(7-2,8-3)14-12(15-4)10-9-11-13(14)16-5/h9-11H,6-8H2,1-5H3. The van der Waals surface area contributed by atoms with E-state index in [9.17, 15) is 0 Å². The van der Waals surface area contributed by atoms with Gasteiger partial charge >= 0.3 is 0 Å². The van der Waals surface area contributed by atoms with Gasteiger partial charge in [0, 0.05) is 5.19 Å². The molecule has 0 amide bonds. The van der Waals surface area contributed by atoms with E-state index in [1.54, 1.807) is 14.2 Å². The molecule has 1 rings (SSSR count). The fourth-order valence-electron chi connectivity index (χ4n) is 2.65. The minimum absolute atomic E-state index is 1.00. The Bertz CT molecular complexity index is 329. The predicted molar refractivity (Wildman–Crippen MR) is 76.4 cm³/mol. The van der Waals surface area contributed by atoms with E-state index in [2.05, 4.69) is 32.9 Å². The minimum atomic E-state index is -1.47. The third-order valence-electron chi connectivity index (χ3n) is 3.99. The van der Waals surface area contributed by atoms with Crippen molar-refractivity contribution < 1.29 is 9.47 Å². The quantitative estimate of drug-likeness (QED) is 0.722. The average Bonchev–Trinajstić information content (AvgIpc) is 2.41. The highest BCUT2D eigenvalue weighted by molar-refractivity contribution is 6.93. The molecule has 0 fully saturated rings. The zero-order valence-corrected chi connectivity index (χ0v) is 12.7. The second kappa shape index (κ2) is 6.10. The number of hydrogen-bond acceptors (Lipinski definition) is 2. The molecule has 0 unspecified atom stereocenters. The molecule has 96 valence electrons. The lowest BCUT2D eigenvalue weighted by molar-refractivity contribution is 0.400. The van der Waals surface area contributed by atoms with Gasteiger partial charge in [-0.2, -0.15) is 0 Å². The van der Waals surface area contributed by atoms with Crippen molar-refractivity contribution in [3.8, 4) is 11.5 Å². The molecule has 2 nitrogen and oxygen atoms in total. The normalized spacial score (nSPS) is 11.4. The van der Waals surface area contributed by atoms with Crippen LogP contribution in [0.4, 0.5) is 0 Å². The van der Waals surface area contributed by atoms with Crippen LogP contribution in [0.3, 0.4) is 0 Å². The Kier molecular flexibility index (Phi) is 5.06. The van der Waals surface area contributed by atoms with Crippen molar-refractivity contribution in [2.45, 2.75) is 38.9 Å². The average molecular weight is 252 g/mol. The Hall–Kier alpha value is -0.963. The largest absolute Gasteiger partial charge is 0.497 e. The van der Waals surface area contributed by atoms with Crippen molar-refractivity contribution in [2.75, 3.05) is 14.2 Å². The molecule has 0 bridgehead atoms. The number of hydrogen-bond donors (Lipinski definition) is 0. The Morgan fingerprint density at radius 1 is 0.882 bits per heavy atom. The molecule has 0 aliphatic rings. The summed E-state index contributed by atoms with van der Waals surface area (Å²) in [6, 6.07) is 9.81. The second-order valence-corrected chi connectivity index (χ2v) is 9.56. The van der Waals surface area contributed by atoms with Gasteiger partial charge in [-0.3, -0.25) is 0 Å². The molecular formula is C14H24O2Si. The minimum Gasteiger partial charge on any atom is -0.497 e. The van der Waals surface area contributed by atoms with Gasteiger partial charge in [0.1, 0.15) is 11.5 Å². The summed E-state index contributed by atoms with van der Waals surface area (Å²) in [4.78, 5) is 0. The van der Waals surface area contributed by atoms with Gasteiger partial charge in [-0.1, -0.05) is 45.0 Å². The first-order valence-electron chi connectivity index (χ1n) is 6.40. The van der Waals surface area contributed by atoms with Crippen LogP contribution in [0.15, 0.2) is 18.2 Å². The molecule has 0 saturated heterocycles. The van der Waals surface area contributed by atoms with E-state index in [1.165, 1.54) is 23.3 Å². The lowest BCUT2D eigenvalue weighted by atomic mass is 10.3. The van der Waals surface area contributed by atoms with Gasteiger partial charge in [-0.05, 0) is 12.1 Å². The summed E-state index contributed by atoms with van der Waals surface area (Å²) in [5, 5.41) is 1.36. The summed E-state index contributed by atoms with van der Waals surface area (Å²) in [5.41, 5.74) is 0. The molecule has 0 radical (unpaired) electrons. The Labute approximate surface area is 106 Å². The summed E-state index contributed by atoms with van der Waals surface area (Å²) in [6.45, 7) is 6.89. The first-order valence-corrected chi connectivity index (χ1v) is 9.02. The smallest absolute Gasteiger partial charge is 0.121 e. The van der Waals surface area contributed by atoms with Crippen LogP contribution in [0.25, 0.3) is 0 Å². The Morgan fingerprint density at radius 2 is 1.29 bits per heavy atom. The van der Waals surface area contributed by atoms with Crippen molar-refractivity contribution in [3.63, 3.8) is 0 Å². The van der Waals surface area contributed by atoms with E-state index >= 15 is 0 Å². The van der Waals surface area contributed by atoms with E-state index < -0.39 is 8.07 Å². The van der Waals surface area contributed by atoms with Crippen LogP contribution in [0, 0.1) is 0 Å². The van der Waals surface area contributed by atoms with Gasteiger partial charge in [0.2, 0.25) is 0 Å². The van der Waals surface area contributed by atoms with E-state index in [-0.39, 0.29) is 0 Å². The third kappa shape index (κ3) is 2.49. The van der Waals surface area contributed by atoms with Crippen molar-refractivity contribution in [2.24, 2.45) is 0 Å². The SMILES string of the molecule is CC[Si](CC)(CC)c1c(OC)cccc1OC.